The van der Waals surface area contributed by atoms with Gasteiger partial charge in [0.15, 0.2) is 11.5 Å². The van der Waals surface area contributed by atoms with Crippen LogP contribution in [-0.4, -0.2) is 25.4 Å². The van der Waals surface area contributed by atoms with Crippen molar-refractivity contribution in [3.8, 4) is 11.5 Å². The van der Waals surface area contributed by atoms with Crippen LogP contribution in [0.3, 0.4) is 0 Å². The van der Waals surface area contributed by atoms with E-state index < -0.39 is 0 Å². The van der Waals surface area contributed by atoms with Crippen molar-refractivity contribution in [3.05, 3.63) is 47.7 Å². The minimum absolute atomic E-state index is 0.225. The van der Waals surface area contributed by atoms with E-state index in [9.17, 15) is 0 Å². The summed E-state index contributed by atoms with van der Waals surface area (Å²) < 4.78 is 10.8. The summed E-state index contributed by atoms with van der Waals surface area (Å²) in [7, 11) is 2.04. The lowest BCUT2D eigenvalue weighted by Gasteiger charge is -2.17. The molecule has 1 N–H and O–H groups in total. The molecule has 1 aromatic heterocycles. The van der Waals surface area contributed by atoms with Crippen molar-refractivity contribution in [2.24, 2.45) is 0 Å². The van der Waals surface area contributed by atoms with E-state index in [4.69, 9.17) is 9.47 Å². The Morgan fingerprint density at radius 2 is 2.04 bits per heavy atom. The van der Waals surface area contributed by atoms with Crippen molar-refractivity contribution in [1.82, 2.24) is 10.3 Å². The van der Waals surface area contributed by atoms with Crippen molar-refractivity contribution in [2.45, 2.75) is 26.4 Å². The van der Waals surface area contributed by atoms with Gasteiger partial charge in [-0.25, -0.2) is 4.98 Å². The maximum atomic E-state index is 5.43. The van der Waals surface area contributed by atoms with Crippen LogP contribution >= 0.6 is 0 Å². The molecule has 5 nitrogen and oxygen atoms in total. The first-order chi connectivity index (χ1) is 11.2. The quantitative estimate of drug-likeness (QED) is 0.888. The zero-order valence-corrected chi connectivity index (χ0v) is 13.9. The summed E-state index contributed by atoms with van der Waals surface area (Å²) >= 11 is 0. The van der Waals surface area contributed by atoms with Gasteiger partial charge in [0.25, 0.3) is 0 Å². The van der Waals surface area contributed by atoms with Crippen LogP contribution in [-0.2, 0) is 6.54 Å². The number of ether oxygens (including phenoxy) is 2. The Morgan fingerprint density at radius 1 is 1.22 bits per heavy atom. The molecule has 1 aliphatic heterocycles. The Hall–Kier alpha value is -2.27. The molecular formula is C18H23N3O2. The normalized spacial score (nSPS) is 13.9. The average Bonchev–Trinajstić information content (AvgIpc) is 3.07. The number of nitrogens with one attached hydrogen (secondary N) is 1. The van der Waals surface area contributed by atoms with Crippen LogP contribution < -0.4 is 19.7 Å². The van der Waals surface area contributed by atoms with Crippen LogP contribution in [0.15, 0.2) is 36.5 Å². The molecular weight excluding hydrogens is 290 g/mol. The van der Waals surface area contributed by atoms with Gasteiger partial charge in [0.1, 0.15) is 5.82 Å². The number of aromatic nitrogens is 1. The van der Waals surface area contributed by atoms with Gasteiger partial charge >= 0.3 is 0 Å². The van der Waals surface area contributed by atoms with Gasteiger partial charge in [0.2, 0.25) is 6.79 Å². The largest absolute Gasteiger partial charge is 0.454 e. The molecule has 1 atom stereocenters. The molecule has 1 aromatic carbocycles. The van der Waals surface area contributed by atoms with Gasteiger partial charge < -0.3 is 19.7 Å². The van der Waals surface area contributed by atoms with Crippen molar-refractivity contribution in [3.63, 3.8) is 0 Å². The highest BCUT2D eigenvalue weighted by molar-refractivity contribution is 5.45. The maximum Gasteiger partial charge on any atom is 0.231 e. The van der Waals surface area contributed by atoms with Crippen LogP contribution in [0.1, 0.15) is 31.0 Å². The molecule has 0 fully saturated rings. The van der Waals surface area contributed by atoms with Gasteiger partial charge in [-0.05, 0) is 43.2 Å². The van der Waals surface area contributed by atoms with E-state index in [0.29, 0.717) is 6.79 Å². The van der Waals surface area contributed by atoms with Gasteiger partial charge in [0, 0.05) is 32.4 Å². The average molecular weight is 313 g/mol. The van der Waals surface area contributed by atoms with Crippen molar-refractivity contribution in [2.75, 3.05) is 25.3 Å². The fourth-order valence-electron chi connectivity index (χ4n) is 2.48. The number of pyridine rings is 1. The van der Waals surface area contributed by atoms with E-state index >= 15 is 0 Å². The first kappa shape index (κ1) is 15.6. The van der Waals surface area contributed by atoms with E-state index in [1.54, 1.807) is 0 Å². The molecule has 0 saturated heterocycles. The fraction of sp³-hybridized carbons (Fsp3) is 0.389. The summed E-state index contributed by atoms with van der Waals surface area (Å²) in [5.74, 6) is 2.64. The highest BCUT2D eigenvalue weighted by Crippen LogP contribution is 2.34. The molecule has 2 heterocycles. The van der Waals surface area contributed by atoms with Crippen molar-refractivity contribution < 1.29 is 9.47 Å². The third-order valence-electron chi connectivity index (χ3n) is 4.18. The van der Waals surface area contributed by atoms with Crippen LogP contribution in [0.4, 0.5) is 5.82 Å². The molecule has 3 rings (SSSR count). The van der Waals surface area contributed by atoms with Gasteiger partial charge in [-0.2, -0.15) is 0 Å². The van der Waals surface area contributed by atoms with Crippen molar-refractivity contribution in [1.29, 1.82) is 0 Å². The number of fused-ring (bicyclic) bond motifs is 1. The number of nitrogens with zero attached hydrogens (tertiary/aromatic N) is 2. The van der Waals surface area contributed by atoms with Gasteiger partial charge in [-0.15, -0.1) is 0 Å². The predicted octanol–water partition coefficient (Wildman–Crippen LogP) is 3.12. The smallest absolute Gasteiger partial charge is 0.231 e. The molecule has 2 aromatic rings. The van der Waals surface area contributed by atoms with E-state index in [-0.39, 0.29) is 6.04 Å². The number of rotatable bonds is 6. The standard InChI is InChI=1S/C18H23N3O2/c1-4-21(3)18-8-5-14(11-20-18)10-19-13(2)15-6-7-16-17(9-15)23-12-22-16/h5-9,11,13,19H,4,10,12H2,1-3H3. The summed E-state index contributed by atoms with van der Waals surface area (Å²) in [6.45, 7) is 6.30. The lowest BCUT2D eigenvalue weighted by molar-refractivity contribution is 0.174. The third kappa shape index (κ3) is 3.56. The number of benzene rings is 1. The van der Waals surface area contributed by atoms with Gasteiger partial charge in [-0.1, -0.05) is 12.1 Å². The van der Waals surface area contributed by atoms with Crippen LogP contribution in [0.2, 0.25) is 0 Å². The lowest BCUT2D eigenvalue weighted by atomic mass is 10.1. The molecule has 0 spiro atoms. The zero-order valence-electron chi connectivity index (χ0n) is 13.9. The molecule has 5 heteroatoms. The van der Waals surface area contributed by atoms with E-state index in [2.05, 4.69) is 47.2 Å². The second-order valence-electron chi connectivity index (χ2n) is 5.75. The van der Waals surface area contributed by atoms with E-state index in [1.165, 1.54) is 11.1 Å². The Balaban J connectivity index is 1.59. The second-order valence-corrected chi connectivity index (χ2v) is 5.75. The molecule has 0 bridgehead atoms. The monoisotopic (exact) mass is 313 g/mol. The first-order valence-corrected chi connectivity index (χ1v) is 7.96. The van der Waals surface area contributed by atoms with Crippen LogP contribution in [0, 0.1) is 0 Å². The number of anilines is 1. The molecule has 1 aliphatic rings. The Morgan fingerprint density at radius 3 is 2.78 bits per heavy atom. The Bertz CT molecular complexity index is 658. The Kier molecular flexibility index (Phi) is 4.67. The lowest BCUT2D eigenvalue weighted by Crippen LogP contribution is -2.19. The SMILES string of the molecule is CCN(C)c1ccc(CNC(C)c2ccc3c(c2)OCO3)cn1. The molecule has 1 unspecified atom stereocenters. The van der Waals surface area contributed by atoms with Crippen molar-refractivity contribution >= 4 is 5.82 Å². The summed E-state index contributed by atoms with van der Waals surface area (Å²) in [5, 5.41) is 3.52. The molecule has 0 radical (unpaired) electrons. The topological polar surface area (TPSA) is 46.6 Å². The van der Waals surface area contributed by atoms with E-state index in [0.717, 1.165) is 30.4 Å². The van der Waals surface area contributed by atoms with Crippen LogP contribution in [0.25, 0.3) is 0 Å². The maximum absolute atomic E-state index is 5.43. The summed E-state index contributed by atoms with van der Waals surface area (Å²) in [6.07, 6.45) is 1.93. The fourth-order valence-corrected chi connectivity index (χ4v) is 2.48. The molecule has 122 valence electrons. The number of hydrogen-bond donors (Lipinski definition) is 1. The second kappa shape index (κ2) is 6.87. The first-order valence-electron chi connectivity index (χ1n) is 7.96. The third-order valence-corrected chi connectivity index (χ3v) is 4.18. The minimum Gasteiger partial charge on any atom is -0.454 e. The van der Waals surface area contributed by atoms with Crippen LogP contribution in [0.5, 0.6) is 11.5 Å². The highest BCUT2D eigenvalue weighted by Gasteiger charge is 2.15. The predicted molar refractivity (Wildman–Crippen MR) is 91.0 cm³/mol. The van der Waals surface area contributed by atoms with E-state index in [1.807, 2.05) is 25.4 Å². The molecule has 0 amide bonds. The molecule has 0 saturated carbocycles. The van der Waals surface area contributed by atoms with Gasteiger partial charge in [0.05, 0.1) is 0 Å². The minimum atomic E-state index is 0.225. The summed E-state index contributed by atoms with van der Waals surface area (Å²) in [5.41, 5.74) is 2.36. The Labute approximate surface area is 137 Å². The molecule has 23 heavy (non-hydrogen) atoms. The summed E-state index contributed by atoms with van der Waals surface area (Å²) in [6, 6.07) is 10.5. The zero-order chi connectivity index (χ0) is 16.2. The highest BCUT2D eigenvalue weighted by atomic mass is 16.7. The molecule has 0 aliphatic carbocycles. The summed E-state index contributed by atoms with van der Waals surface area (Å²) in [4.78, 5) is 6.61. The number of hydrogen-bond acceptors (Lipinski definition) is 5. The van der Waals surface area contributed by atoms with Gasteiger partial charge in [-0.3, -0.25) is 0 Å².